The zero-order valence-corrected chi connectivity index (χ0v) is 17.0. The molecule has 4 rings (SSSR count). The predicted molar refractivity (Wildman–Crippen MR) is 101 cm³/mol. The lowest BCUT2D eigenvalue weighted by atomic mass is 10.1. The van der Waals surface area contributed by atoms with Crippen LogP contribution in [0.5, 0.6) is 0 Å². The average Bonchev–Trinajstić information content (AvgIpc) is 3.19. The van der Waals surface area contributed by atoms with Crippen molar-refractivity contribution in [1.29, 1.82) is 0 Å². The summed E-state index contributed by atoms with van der Waals surface area (Å²) < 4.78 is 34.3. The van der Waals surface area contributed by atoms with Crippen molar-refractivity contribution >= 4 is 33.7 Å². The highest BCUT2D eigenvalue weighted by Crippen LogP contribution is 2.29. The molecule has 0 aliphatic carbocycles. The van der Waals surface area contributed by atoms with Gasteiger partial charge in [-0.05, 0) is 36.4 Å². The summed E-state index contributed by atoms with van der Waals surface area (Å²) in [5.41, 5.74) is -0.345. The zero-order valence-electron chi connectivity index (χ0n) is 16.1. The van der Waals surface area contributed by atoms with Gasteiger partial charge in [0.15, 0.2) is 0 Å². The first-order valence-electron chi connectivity index (χ1n) is 8.85. The van der Waals surface area contributed by atoms with Crippen LogP contribution in [0.4, 0.5) is 0 Å². The Morgan fingerprint density at radius 3 is 1.21 bits per heavy atom. The van der Waals surface area contributed by atoms with Crippen molar-refractivity contribution in [3.63, 3.8) is 0 Å². The van der Waals surface area contributed by atoms with Gasteiger partial charge in [-0.25, -0.2) is 27.6 Å². The maximum atomic E-state index is 12.7. The van der Waals surface area contributed by atoms with Crippen LogP contribution in [-0.2, 0) is 19.3 Å². The third-order valence-corrected chi connectivity index (χ3v) is 5.60. The molecule has 152 valence electrons. The highest BCUT2D eigenvalue weighted by molar-refractivity contribution is 7.91. The fourth-order valence-corrected chi connectivity index (χ4v) is 3.91. The maximum Gasteiger partial charge on any atom is 0.346 e. The van der Waals surface area contributed by atoms with Gasteiger partial charge in [0, 0.05) is 0 Å². The first kappa shape index (κ1) is 22.0. The Kier molecular flexibility index (Phi) is 6.33. The van der Waals surface area contributed by atoms with Gasteiger partial charge in [0.25, 0.3) is 0 Å². The van der Waals surface area contributed by atoms with E-state index < -0.39 is 33.7 Å². The fraction of sp³-hybridized carbons (Fsp3) is 0.200. The standard InChI is InChI=1S/C16H6O8S.2C2H6/c17-13-9-3-1-7(5-11(9)15(19)23-13)25(21,22)8-2-4-10-12(6-8)16(20)24-14(10)18;2*1-2/h1-6H;2*1-2H3. The normalized spacial score (nSPS) is 13.9. The highest BCUT2D eigenvalue weighted by Gasteiger charge is 2.34. The minimum Gasteiger partial charge on any atom is -0.386 e. The molecule has 0 atom stereocenters. The SMILES string of the molecule is CC.CC.O=C1OC(=O)c2cc(S(=O)(=O)c3ccc4c(c3)C(=O)OC4=O)ccc21. The third-order valence-electron chi connectivity index (χ3n) is 3.85. The molecule has 0 aromatic heterocycles. The second kappa shape index (κ2) is 8.36. The molecule has 2 heterocycles. The number of carbonyl (C=O) groups excluding carboxylic acids is 4. The Morgan fingerprint density at radius 2 is 0.862 bits per heavy atom. The Labute approximate surface area is 167 Å². The lowest BCUT2D eigenvalue weighted by Gasteiger charge is -2.06. The van der Waals surface area contributed by atoms with Crippen LogP contribution in [0, 0.1) is 0 Å². The number of cyclic esters (lactones) is 4. The van der Waals surface area contributed by atoms with Crippen LogP contribution in [0.1, 0.15) is 69.1 Å². The Morgan fingerprint density at radius 1 is 0.552 bits per heavy atom. The van der Waals surface area contributed by atoms with Gasteiger partial charge in [-0.3, -0.25) is 0 Å². The quantitative estimate of drug-likeness (QED) is 0.538. The van der Waals surface area contributed by atoms with Gasteiger partial charge in [-0.2, -0.15) is 0 Å². The molecule has 29 heavy (non-hydrogen) atoms. The van der Waals surface area contributed by atoms with E-state index in [1.165, 1.54) is 12.1 Å². The van der Waals surface area contributed by atoms with Crippen LogP contribution in [0.2, 0.25) is 0 Å². The molecule has 2 aromatic carbocycles. The number of hydrogen-bond acceptors (Lipinski definition) is 8. The van der Waals surface area contributed by atoms with Gasteiger partial charge < -0.3 is 9.47 Å². The minimum absolute atomic E-state index is 0.0212. The Hall–Kier alpha value is -3.33. The fourth-order valence-electron chi connectivity index (χ4n) is 2.60. The summed E-state index contributed by atoms with van der Waals surface area (Å²) >= 11 is 0. The van der Waals surface area contributed by atoms with Crippen molar-refractivity contribution in [3.05, 3.63) is 58.7 Å². The highest BCUT2D eigenvalue weighted by atomic mass is 32.2. The summed E-state index contributed by atoms with van der Waals surface area (Å²) in [5, 5.41) is 0. The number of sulfone groups is 1. The largest absolute Gasteiger partial charge is 0.386 e. The van der Waals surface area contributed by atoms with Crippen LogP contribution in [-0.4, -0.2) is 32.3 Å². The van der Waals surface area contributed by atoms with Gasteiger partial charge in [0.2, 0.25) is 9.84 Å². The number of esters is 4. The van der Waals surface area contributed by atoms with E-state index in [0.717, 1.165) is 24.3 Å². The van der Waals surface area contributed by atoms with E-state index in [-0.39, 0.29) is 32.0 Å². The summed E-state index contributed by atoms with van der Waals surface area (Å²) in [5.74, 6) is -3.55. The zero-order chi connectivity index (χ0) is 21.9. The molecule has 8 nitrogen and oxygen atoms in total. The molecule has 9 heteroatoms. The molecule has 2 aliphatic rings. The molecule has 2 aromatic rings. The van der Waals surface area contributed by atoms with Crippen molar-refractivity contribution in [2.75, 3.05) is 0 Å². The molecule has 0 saturated heterocycles. The Bertz CT molecular complexity index is 1050. The van der Waals surface area contributed by atoms with Crippen molar-refractivity contribution in [2.45, 2.75) is 37.5 Å². The molecular weight excluding hydrogens is 400 g/mol. The smallest absolute Gasteiger partial charge is 0.346 e. The first-order chi connectivity index (χ1) is 13.8. The summed E-state index contributed by atoms with van der Waals surface area (Å²) in [4.78, 5) is 45.5. The second-order valence-electron chi connectivity index (χ2n) is 5.27. The Balaban J connectivity index is 0.000000707. The summed E-state index contributed by atoms with van der Waals surface area (Å²) in [6.45, 7) is 8.00. The van der Waals surface area contributed by atoms with Gasteiger partial charge in [0.1, 0.15) is 0 Å². The van der Waals surface area contributed by atoms with E-state index in [0.29, 0.717) is 0 Å². The minimum atomic E-state index is -4.10. The number of benzene rings is 2. The molecule has 0 fully saturated rings. The van der Waals surface area contributed by atoms with Crippen LogP contribution in [0.25, 0.3) is 0 Å². The van der Waals surface area contributed by atoms with E-state index in [1.54, 1.807) is 0 Å². The predicted octanol–water partition coefficient (Wildman–Crippen LogP) is 3.19. The lowest BCUT2D eigenvalue weighted by Crippen LogP contribution is -2.06. The van der Waals surface area contributed by atoms with Crippen molar-refractivity contribution in [3.8, 4) is 0 Å². The van der Waals surface area contributed by atoms with Crippen molar-refractivity contribution in [1.82, 2.24) is 0 Å². The average molecular weight is 418 g/mol. The molecule has 0 bridgehead atoms. The first-order valence-corrected chi connectivity index (χ1v) is 10.3. The molecule has 2 aliphatic heterocycles. The summed E-state index contributed by atoms with van der Waals surface area (Å²) in [6.07, 6.45) is 0. The van der Waals surface area contributed by atoms with Crippen LogP contribution in [0.15, 0.2) is 46.2 Å². The summed E-state index contributed by atoms with van der Waals surface area (Å²) in [6, 6.07) is 6.75. The van der Waals surface area contributed by atoms with E-state index in [4.69, 9.17) is 0 Å². The maximum absolute atomic E-state index is 12.7. The molecule has 0 saturated carbocycles. The van der Waals surface area contributed by atoms with Gasteiger partial charge in [-0.1, -0.05) is 27.7 Å². The molecule has 0 unspecified atom stereocenters. The number of ether oxygens (including phenoxy) is 2. The van der Waals surface area contributed by atoms with E-state index in [9.17, 15) is 27.6 Å². The number of fused-ring (bicyclic) bond motifs is 2. The lowest BCUT2D eigenvalue weighted by molar-refractivity contribution is 0.0425. The number of carbonyl (C=O) groups is 4. The molecule has 0 radical (unpaired) electrons. The molecule has 0 amide bonds. The van der Waals surface area contributed by atoms with Gasteiger partial charge in [-0.15, -0.1) is 0 Å². The number of hydrogen-bond donors (Lipinski definition) is 0. The third kappa shape index (κ3) is 3.68. The van der Waals surface area contributed by atoms with E-state index in [2.05, 4.69) is 9.47 Å². The van der Waals surface area contributed by atoms with E-state index in [1.807, 2.05) is 27.7 Å². The van der Waals surface area contributed by atoms with Crippen LogP contribution >= 0.6 is 0 Å². The molecular formula is C20H18O8S. The molecule has 0 spiro atoms. The molecule has 0 N–H and O–H groups in total. The van der Waals surface area contributed by atoms with Crippen LogP contribution < -0.4 is 0 Å². The summed E-state index contributed by atoms with van der Waals surface area (Å²) in [7, 11) is -4.10. The van der Waals surface area contributed by atoms with Gasteiger partial charge >= 0.3 is 23.9 Å². The second-order valence-corrected chi connectivity index (χ2v) is 7.22. The van der Waals surface area contributed by atoms with Crippen LogP contribution in [0.3, 0.4) is 0 Å². The van der Waals surface area contributed by atoms with Gasteiger partial charge in [0.05, 0.1) is 32.0 Å². The monoisotopic (exact) mass is 418 g/mol. The topological polar surface area (TPSA) is 121 Å². The van der Waals surface area contributed by atoms with Crippen molar-refractivity contribution < 1.29 is 37.1 Å². The number of rotatable bonds is 2. The van der Waals surface area contributed by atoms with Crippen molar-refractivity contribution in [2.24, 2.45) is 0 Å². The van der Waals surface area contributed by atoms with E-state index >= 15 is 0 Å².